The third-order valence-corrected chi connectivity index (χ3v) is 8.25. The lowest BCUT2D eigenvalue weighted by molar-refractivity contribution is -0.140. The number of anilines is 1. The summed E-state index contributed by atoms with van der Waals surface area (Å²) in [6.07, 6.45) is 0.363. The number of nitrogens with zero attached hydrogens (tertiary/aromatic N) is 2. The highest BCUT2D eigenvalue weighted by molar-refractivity contribution is 7.92. The van der Waals surface area contributed by atoms with Crippen molar-refractivity contribution < 1.29 is 22.7 Å². The number of hydrogen-bond acceptors (Lipinski definition) is 5. The molecule has 0 fully saturated rings. The number of sulfonamides is 1. The van der Waals surface area contributed by atoms with Gasteiger partial charge in [0.1, 0.15) is 18.3 Å². The van der Waals surface area contributed by atoms with E-state index in [4.69, 9.17) is 4.74 Å². The number of methoxy groups -OCH3 is 1. The van der Waals surface area contributed by atoms with Crippen molar-refractivity contribution in [2.24, 2.45) is 5.92 Å². The topological polar surface area (TPSA) is 96.0 Å². The van der Waals surface area contributed by atoms with Crippen molar-refractivity contribution in [3.63, 3.8) is 0 Å². The number of carbonyl (C=O) groups is 2. The molecule has 40 heavy (non-hydrogen) atoms. The molecule has 0 heterocycles. The molecule has 0 aromatic heterocycles. The first-order valence-electron chi connectivity index (χ1n) is 13.4. The molecule has 0 radical (unpaired) electrons. The maximum atomic E-state index is 14.1. The zero-order valence-corrected chi connectivity index (χ0v) is 24.6. The van der Waals surface area contributed by atoms with E-state index in [1.54, 1.807) is 30.3 Å². The van der Waals surface area contributed by atoms with Crippen molar-refractivity contribution in [2.45, 2.75) is 51.6 Å². The summed E-state index contributed by atoms with van der Waals surface area (Å²) < 4.78 is 34.6. The monoisotopic (exact) mass is 565 g/mol. The molecule has 0 aliphatic carbocycles. The molecule has 8 nitrogen and oxygen atoms in total. The number of amides is 2. The highest BCUT2D eigenvalue weighted by atomic mass is 32.2. The number of nitrogens with one attached hydrogen (secondary N) is 1. The van der Waals surface area contributed by atoms with Gasteiger partial charge in [0.05, 0.1) is 17.7 Å². The van der Waals surface area contributed by atoms with Crippen LogP contribution in [0.3, 0.4) is 0 Å². The van der Waals surface area contributed by atoms with Crippen LogP contribution in [0.1, 0.15) is 38.3 Å². The minimum Gasteiger partial charge on any atom is -0.495 e. The van der Waals surface area contributed by atoms with E-state index in [0.29, 0.717) is 18.7 Å². The third kappa shape index (κ3) is 7.63. The molecule has 0 aliphatic heterocycles. The number of hydrogen-bond donors (Lipinski definition) is 1. The second-order valence-electron chi connectivity index (χ2n) is 10.1. The van der Waals surface area contributed by atoms with E-state index in [2.05, 4.69) is 5.32 Å². The van der Waals surface area contributed by atoms with Crippen LogP contribution >= 0.6 is 0 Å². The third-order valence-electron chi connectivity index (χ3n) is 6.48. The summed E-state index contributed by atoms with van der Waals surface area (Å²) in [6.45, 7) is 7.78. The normalized spacial score (nSPS) is 12.1. The zero-order chi connectivity index (χ0) is 29.3. The molecule has 9 heteroatoms. The van der Waals surface area contributed by atoms with Gasteiger partial charge in [0.2, 0.25) is 11.8 Å². The van der Waals surface area contributed by atoms with Gasteiger partial charge in [-0.2, -0.15) is 0 Å². The lowest BCUT2D eigenvalue weighted by Crippen LogP contribution is -2.52. The van der Waals surface area contributed by atoms with Crippen molar-refractivity contribution >= 4 is 27.5 Å². The first-order valence-corrected chi connectivity index (χ1v) is 14.9. The molecule has 3 rings (SSSR count). The quantitative estimate of drug-likeness (QED) is 0.322. The zero-order valence-electron chi connectivity index (χ0n) is 23.8. The van der Waals surface area contributed by atoms with Crippen LogP contribution in [0.4, 0.5) is 5.69 Å². The van der Waals surface area contributed by atoms with E-state index < -0.39 is 28.5 Å². The molecule has 0 aliphatic rings. The molecule has 0 spiro atoms. The van der Waals surface area contributed by atoms with E-state index in [1.165, 1.54) is 24.1 Å². The average Bonchev–Trinajstić information content (AvgIpc) is 2.95. The van der Waals surface area contributed by atoms with Crippen molar-refractivity contribution in [3.05, 3.63) is 90.0 Å². The van der Waals surface area contributed by atoms with Gasteiger partial charge in [-0.25, -0.2) is 8.42 Å². The van der Waals surface area contributed by atoms with E-state index in [1.807, 2.05) is 64.1 Å². The van der Waals surface area contributed by atoms with E-state index in [-0.39, 0.29) is 29.0 Å². The Kier molecular flexibility index (Phi) is 10.7. The first kappa shape index (κ1) is 30.7. The molecule has 3 aromatic rings. The van der Waals surface area contributed by atoms with Crippen molar-refractivity contribution in [2.75, 3.05) is 24.5 Å². The largest absolute Gasteiger partial charge is 0.495 e. The van der Waals surface area contributed by atoms with Gasteiger partial charge in [-0.3, -0.25) is 13.9 Å². The summed E-state index contributed by atoms with van der Waals surface area (Å²) in [6, 6.07) is 21.7. The molecule has 0 saturated heterocycles. The molecular formula is C31H39N3O5S. The molecule has 0 saturated carbocycles. The van der Waals surface area contributed by atoms with E-state index >= 15 is 0 Å². The van der Waals surface area contributed by atoms with Gasteiger partial charge in [-0.05, 0) is 54.7 Å². The standard InChI is InChI=1S/C31H39N3O5S/c1-6-27(31(36)32-20-23(2)3)33(21-25-13-9-7-10-14-25)30(35)22-34(28-19-24(4)17-18-29(28)39-5)40(37,38)26-15-11-8-12-16-26/h7-19,23,27H,6,20-22H2,1-5H3,(H,32,36)/t27-/m0/s1. The summed E-state index contributed by atoms with van der Waals surface area (Å²) in [7, 11) is -2.72. The Morgan fingerprint density at radius 2 is 1.57 bits per heavy atom. The lowest BCUT2D eigenvalue weighted by atomic mass is 10.1. The first-order chi connectivity index (χ1) is 19.1. The molecule has 0 unspecified atom stereocenters. The molecule has 1 N–H and O–H groups in total. The van der Waals surface area contributed by atoms with Crippen LogP contribution in [0.5, 0.6) is 5.75 Å². The van der Waals surface area contributed by atoms with E-state index in [0.717, 1.165) is 15.4 Å². The van der Waals surface area contributed by atoms with Gasteiger partial charge in [0.15, 0.2) is 0 Å². The van der Waals surface area contributed by atoms with Gasteiger partial charge in [0, 0.05) is 13.1 Å². The Morgan fingerprint density at radius 3 is 2.15 bits per heavy atom. The number of ether oxygens (including phenoxy) is 1. The summed E-state index contributed by atoms with van der Waals surface area (Å²) in [5.74, 6) is -0.223. The molecule has 214 valence electrons. The summed E-state index contributed by atoms with van der Waals surface area (Å²) in [5.41, 5.74) is 1.88. The summed E-state index contributed by atoms with van der Waals surface area (Å²) in [4.78, 5) is 28.9. The highest BCUT2D eigenvalue weighted by Crippen LogP contribution is 2.33. The predicted molar refractivity (Wildman–Crippen MR) is 158 cm³/mol. The average molecular weight is 566 g/mol. The Balaban J connectivity index is 2.09. The lowest BCUT2D eigenvalue weighted by Gasteiger charge is -2.33. The van der Waals surface area contributed by atoms with Crippen LogP contribution in [-0.2, 0) is 26.2 Å². The Morgan fingerprint density at radius 1 is 0.950 bits per heavy atom. The van der Waals surface area contributed by atoms with Crippen LogP contribution in [0.15, 0.2) is 83.8 Å². The fourth-order valence-corrected chi connectivity index (χ4v) is 5.79. The van der Waals surface area contributed by atoms with Gasteiger partial charge in [-0.1, -0.05) is 75.4 Å². The second kappa shape index (κ2) is 14.0. The maximum Gasteiger partial charge on any atom is 0.264 e. The van der Waals surface area contributed by atoms with Crippen LogP contribution < -0.4 is 14.4 Å². The van der Waals surface area contributed by atoms with Gasteiger partial charge in [0.25, 0.3) is 10.0 Å². The minimum atomic E-state index is -4.17. The molecule has 2 amide bonds. The van der Waals surface area contributed by atoms with E-state index in [9.17, 15) is 18.0 Å². The molecular weight excluding hydrogens is 526 g/mol. The highest BCUT2D eigenvalue weighted by Gasteiger charge is 2.34. The maximum absolute atomic E-state index is 14.1. The Labute approximate surface area is 238 Å². The number of benzene rings is 3. The summed E-state index contributed by atoms with van der Waals surface area (Å²) in [5, 5.41) is 2.94. The van der Waals surface area contributed by atoms with Crippen LogP contribution in [-0.4, -0.2) is 51.4 Å². The molecule has 1 atom stereocenters. The van der Waals surface area contributed by atoms with Crippen LogP contribution in [0.25, 0.3) is 0 Å². The van der Waals surface area contributed by atoms with Gasteiger partial charge in [-0.15, -0.1) is 0 Å². The molecule has 0 bridgehead atoms. The number of rotatable bonds is 13. The summed E-state index contributed by atoms with van der Waals surface area (Å²) >= 11 is 0. The second-order valence-corrected chi connectivity index (χ2v) is 11.9. The van der Waals surface area contributed by atoms with Gasteiger partial charge >= 0.3 is 0 Å². The Hall–Kier alpha value is -3.85. The predicted octanol–water partition coefficient (Wildman–Crippen LogP) is 4.78. The van der Waals surface area contributed by atoms with Crippen molar-refractivity contribution in [1.82, 2.24) is 10.2 Å². The van der Waals surface area contributed by atoms with Gasteiger partial charge < -0.3 is 15.0 Å². The fourth-order valence-electron chi connectivity index (χ4n) is 4.35. The molecule has 3 aromatic carbocycles. The van der Waals surface area contributed by atoms with Crippen LogP contribution in [0.2, 0.25) is 0 Å². The number of aryl methyl sites for hydroxylation is 1. The van der Waals surface area contributed by atoms with Crippen molar-refractivity contribution in [3.8, 4) is 5.75 Å². The Bertz CT molecular complexity index is 1380. The SMILES string of the molecule is CC[C@@H](C(=O)NCC(C)C)N(Cc1ccccc1)C(=O)CN(c1cc(C)ccc1OC)S(=O)(=O)c1ccccc1. The smallest absolute Gasteiger partial charge is 0.264 e. The van der Waals surface area contributed by atoms with Crippen molar-refractivity contribution in [1.29, 1.82) is 0 Å². The van der Waals surface area contributed by atoms with Crippen LogP contribution in [0, 0.1) is 12.8 Å². The minimum absolute atomic E-state index is 0.0442. The fraction of sp³-hybridized carbons (Fsp3) is 0.355. The number of carbonyl (C=O) groups excluding carboxylic acids is 2.